The van der Waals surface area contributed by atoms with Crippen molar-refractivity contribution in [3.63, 3.8) is 0 Å². The van der Waals surface area contributed by atoms with Gasteiger partial charge in [0.05, 0.1) is 13.7 Å². The Morgan fingerprint density at radius 2 is 1.72 bits per heavy atom. The molecule has 1 aromatic heterocycles. The number of anilines is 1. The highest BCUT2D eigenvalue weighted by Gasteiger charge is 2.32. The van der Waals surface area contributed by atoms with Crippen molar-refractivity contribution in [2.75, 3.05) is 44.8 Å². The van der Waals surface area contributed by atoms with E-state index in [1.807, 2.05) is 24.3 Å². The zero-order chi connectivity index (χ0) is 21.2. The number of hydrogen-bond acceptors (Lipinski definition) is 6. The number of methoxy groups -OCH3 is 1. The number of esters is 1. The quantitative estimate of drug-likeness (QED) is 0.664. The Labute approximate surface area is 171 Å². The molecule has 2 heterocycles. The van der Waals surface area contributed by atoms with E-state index in [-0.39, 0.29) is 17.2 Å². The maximum absolute atomic E-state index is 13.2. The first-order chi connectivity index (χ1) is 13.8. The fourth-order valence-electron chi connectivity index (χ4n) is 3.45. The number of ether oxygens (including phenoxy) is 2. The summed E-state index contributed by atoms with van der Waals surface area (Å²) >= 11 is 0. The van der Waals surface area contributed by atoms with Gasteiger partial charge in [0.1, 0.15) is 16.3 Å². The monoisotopic (exact) mass is 421 g/mol. The largest absolute Gasteiger partial charge is 0.497 e. The molecular weight excluding hydrogens is 394 g/mol. The summed E-state index contributed by atoms with van der Waals surface area (Å²) in [5.74, 6) is 0.260. The van der Waals surface area contributed by atoms with Crippen molar-refractivity contribution in [2.45, 2.75) is 18.7 Å². The summed E-state index contributed by atoms with van der Waals surface area (Å²) in [6.45, 7) is 5.56. The van der Waals surface area contributed by atoms with E-state index < -0.39 is 16.0 Å². The van der Waals surface area contributed by atoms with Crippen LogP contribution in [0.2, 0.25) is 0 Å². The Hall–Kier alpha value is -2.52. The number of aromatic nitrogens is 1. The van der Waals surface area contributed by atoms with Crippen LogP contribution < -0.4 is 9.64 Å². The third-order valence-electron chi connectivity index (χ3n) is 5.27. The SMILES string of the molecule is CCOC(=O)c1cc(S(=O)(=O)N2CCN(c3ccc(OC)cc3)CC2)c(C)n1C. The average Bonchev–Trinajstić information content (AvgIpc) is 3.04. The molecule has 0 aliphatic carbocycles. The van der Waals surface area contributed by atoms with Gasteiger partial charge in [-0.05, 0) is 44.2 Å². The minimum Gasteiger partial charge on any atom is -0.497 e. The molecule has 0 saturated carbocycles. The highest BCUT2D eigenvalue weighted by atomic mass is 32.2. The van der Waals surface area contributed by atoms with Crippen LogP contribution in [-0.4, -0.2) is 63.2 Å². The molecule has 0 radical (unpaired) electrons. The van der Waals surface area contributed by atoms with E-state index in [0.29, 0.717) is 31.9 Å². The van der Waals surface area contributed by atoms with Gasteiger partial charge in [0.25, 0.3) is 0 Å². The van der Waals surface area contributed by atoms with Crippen LogP contribution >= 0.6 is 0 Å². The summed E-state index contributed by atoms with van der Waals surface area (Å²) in [4.78, 5) is 14.4. The number of rotatable bonds is 6. The molecule has 0 amide bonds. The van der Waals surface area contributed by atoms with Crippen molar-refractivity contribution >= 4 is 21.7 Å². The number of nitrogens with zero attached hydrogens (tertiary/aromatic N) is 3. The molecule has 0 unspecified atom stereocenters. The molecule has 2 aromatic rings. The third-order valence-corrected chi connectivity index (χ3v) is 7.28. The molecule has 1 aliphatic rings. The standard InChI is InChI=1S/C20H27N3O5S/c1-5-28-20(24)18-14-19(15(2)21(18)3)29(25,26)23-12-10-22(11-13-23)16-6-8-17(27-4)9-7-16/h6-9,14H,5,10-13H2,1-4H3. The predicted octanol–water partition coefficient (Wildman–Crippen LogP) is 2.03. The fourth-order valence-corrected chi connectivity index (χ4v) is 5.15. The molecule has 1 aromatic carbocycles. The van der Waals surface area contributed by atoms with Gasteiger partial charge in [-0.2, -0.15) is 4.31 Å². The molecular formula is C20H27N3O5S. The van der Waals surface area contributed by atoms with Crippen LogP contribution in [0, 0.1) is 6.92 Å². The summed E-state index contributed by atoms with van der Waals surface area (Å²) in [5.41, 5.74) is 1.79. The Balaban J connectivity index is 1.76. The number of carbonyl (C=O) groups excluding carboxylic acids is 1. The minimum atomic E-state index is -3.70. The molecule has 3 rings (SSSR count). The predicted molar refractivity (Wildman–Crippen MR) is 110 cm³/mol. The number of hydrogen-bond donors (Lipinski definition) is 0. The van der Waals surface area contributed by atoms with Gasteiger partial charge in [-0.1, -0.05) is 0 Å². The first-order valence-corrected chi connectivity index (χ1v) is 11.0. The minimum absolute atomic E-state index is 0.154. The van der Waals surface area contributed by atoms with Gasteiger partial charge >= 0.3 is 5.97 Å². The molecule has 0 atom stereocenters. The molecule has 9 heteroatoms. The van der Waals surface area contributed by atoms with Crippen molar-refractivity contribution < 1.29 is 22.7 Å². The highest BCUT2D eigenvalue weighted by Crippen LogP contribution is 2.26. The molecule has 8 nitrogen and oxygen atoms in total. The van der Waals surface area contributed by atoms with Gasteiger partial charge in [-0.15, -0.1) is 0 Å². The van der Waals surface area contributed by atoms with Crippen LogP contribution in [0.3, 0.4) is 0 Å². The van der Waals surface area contributed by atoms with Crippen LogP contribution in [0.4, 0.5) is 5.69 Å². The van der Waals surface area contributed by atoms with Crippen molar-refractivity contribution in [3.8, 4) is 5.75 Å². The van der Waals surface area contributed by atoms with E-state index >= 15 is 0 Å². The lowest BCUT2D eigenvalue weighted by atomic mass is 10.2. The highest BCUT2D eigenvalue weighted by molar-refractivity contribution is 7.89. The molecule has 1 fully saturated rings. The Bertz CT molecular complexity index is 974. The van der Waals surface area contributed by atoms with Gasteiger partial charge in [-0.25, -0.2) is 13.2 Å². The van der Waals surface area contributed by atoms with E-state index in [1.165, 1.54) is 10.4 Å². The Morgan fingerprint density at radius 3 is 2.28 bits per heavy atom. The number of benzene rings is 1. The molecule has 1 saturated heterocycles. The summed E-state index contributed by atoms with van der Waals surface area (Å²) < 4.78 is 39.7. The second-order valence-electron chi connectivity index (χ2n) is 6.85. The van der Waals surface area contributed by atoms with Crippen molar-refractivity contribution in [1.29, 1.82) is 0 Å². The number of sulfonamides is 1. The summed E-state index contributed by atoms with van der Waals surface area (Å²) in [7, 11) is -0.410. The van der Waals surface area contributed by atoms with Gasteiger partial charge < -0.3 is 18.9 Å². The van der Waals surface area contributed by atoms with Crippen LogP contribution in [0.5, 0.6) is 5.75 Å². The maximum Gasteiger partial charge on any atom is 0.354 e. The van der Waals surface area contributed by atoms with Crippen LogP contribution in [0.25, 0.3) is 0 Å². The van der Waals surface area contributed by atoms with Crippen molar-refractivity contribution in [3.05, 3.63) is 41.7 Å². The van der Waals surface area contributed by atoms with Crippen molar-refractivity contribution in [2.24, 2.45) is 7.05 Å². The summed E-state index contributed by atoms with van der Waals surface area (Å²) in [6.07, 6.45) is 0. The lowest BCUT2D eigenvalue weighted by Crippen LogP contribution is -2.48. The van der Waals surface area contributed by atoms with E-state index in [4.69, 9.17) is 9.47 Å². The van der Waals surface area contributed by atoms with E-state index in [0.717, 1.165) is 11.4 Å². The average molecular weight is 422 g/mol. The van der Waals surface area contributed by atoms with Crippen molar-refractivity contribution in [1.82, 2.24) is 8.87 Å². The fraction of sp³-hybridized carbons (Fsp3) is 0.450. The van der Waals surface area contributed by atoms with Gasteiger partial charge in [0, 0.05) is 44.6 Å². The Morgan fingerprint density at radius 1 is 1.10 bits per heavy atom. The van der Waals surface area contributed by atoms with Crippen LogP contribution in [-0.2, 0) is 21.8 Å². The van der Waals surface area contributed by atoms with Gasteiger partial charge in [0.15, 0.2) is 0 Å². The molecule has 0 bridgehead atoms. The molecule has 0 spiro atoms. The lowest BCUT2D eigenvalue weighted by molar-refractivity contribution is 0.0515. The van der Waals surface area contributed by atoms with E-state index in [9.17, 15) is 13.2 Å². The molecule has 1 aliphatic heterocycles. The van der Waals surface area contributed by atoms with Gasteiger partial charge in [-0.3, -0.25) is 0 Å². The zero-order valence-corrected chi connectivity index (χ0v) is 18.0. The molecule has 0 N–H and O–H groups in total. The topological polar surface area (TPSA) is 81.1 Å². The molecule has 29 heavy (non-hydrogen) atoms. The summed E-state index contributed by atoms with van der Waals surface area (Å²) in [5, 5.41) is 0. The summed E-state index contributed by atoms with van der Waals surface area (Å²) in [6, 6.07) is 9.13. The third kappa shape index (κ3) is 4.11. The first kappa shape index (κ1) is 21.2. The zero-order valence-electron chi connectivity index (χ0n) is 17.2. The molecule has 158 valence electrons. The lowest BCUT2D eigenvalue weighted by Gasteiger charge is -2.35. The number of piperazine rings is 1. The number of carbonyl (C=O) groups is 1. The van der Waals surface area contributed by atoms with Gasteiger partial charge in [0.2, 0.25) is 10.0 Å². The van der Waals surface area contributed by atoms with Crippen LogP contribution in [0.1, 0.15) is 23.1 Å². The van der Waals surface area contributed by atoms with Crippen LogP contribution in [0.15, 0.2) is 35.2 Å². The normalized spacial score (nSPS) is 15.4. The van der Waals surface area contributed by atoms with E-state index in [2.05, 4.69) is 4.90 Å². The second-order valence-corrected chi connectivity index (χ2v) is 8.75. The van der Waals surface area contributed by atoms with E-state index in [1.54, 1.807) is 32.6 Å². The first-order valence-electron chi connectivity index (χ1n) is 9.52. The Kier molecular flexibility index (Phi) is 6.18. The smallest absolute Gasteiger partial charge is 0.354 e. The second kappa shape index (κ2) is 8.46. The maximum atomic E-state index is 13.2.